The molecule has 1 aromatic heterocycles. The van der Waals surface area contributed by atoms with Crippen LogP contribution in [0, 0.1) is 0 Å². The lowest BCUT2D eigenvalue weighted by atomic mass is 10.2. The fraction of sp³-hybridized carbons (Fsp3) is 0.571. The normalized spacial score (nSPS) is 20.0. The van der Waals surface area contributed by atoms with E-state index >= 15 is 0 Å². The highest BCUT2D eigenvalue weighted by atomic mass is 16.5. The average molecular weight is 264 g/mol. The molecule has 1 saturated heterocycles. The molecular weight excluding hydrogens is 244 g/mol. The number of pyridine rings is 1. The third-order valence-electron chi connectivity index (χ3n) is 3.16. The number of carbonyl (C=O) groups excluding carboxylic acids is 1. The first-order valence-corrected chi connectivity index (χ1v) is 6.70. The largest absolute Gasteiger partial charge is 0.472 e. The summed E-state index contributed by atoms with van der Waals surface area (Å²) in [6.45, 7) is 5.32. The van der Waals surface area contributed by atoms with Crippen LogP contribution in [0.2, 0.25) is 0 Å². The Bertz CT molecular complexity index is 430. The minimum Gasteiger partial charge on any atom is -0.472 e. The maximum absolute atomic E-state index is 12.0. The zero-order valence-electron chi connectivity index (χ0n) is 11.4. The first-order valence-electron chi connectivity index (χ1n) is 6.70. The minimum atomic E-state index is -0.0933. The van der Waals surface area contributed by atoms with Crippen molar-refractivity contribution in [3.8, 4) is 5.88 Å². The lowest BCUT2D eigenvalue weighted by Crippen LogP contribution is -2.32. The van der Waals surface area contributed by atoms with Gasteiger partial charge in [0.2, 0.25) is 5.88 Å². The van der Waals surface area contributed by atoms with Crippen molar-refractivity contribution in [2.45, 2.75) is 38.8 Å². The van der Waals surface area contributed by atoms with Gasteiger partial charge in [0.1, 0.15) is 6.10 Å². The summed E-state index contributed by atoms with van der Waals surface area (Å²) in [5.74, 6) is 0.386. The molecule has 2 atom stereocenters. The number of ether oxygens (including phenoxy) is 2. The summed E-state index contributed by atoms with van der Waals surface area (Å²) in [6, 6.07) is 3.53. The number of hydrogen-bond acceptors (Lipinski definition) is 4. The Kier molecular flexibility index (Phi) is 4.74. The molecule has 2 heterocycles. The molecule has 1 aliphatic heterocycles. The summed E-state index contributed by atoms with van der Waals surface area (Å²) in [5, 5.41) is 2.92. The summed E-state index contributed by atoms with van der Waals surface area (Å²) < 4.78 is 10.9. The highest BCUT2D eigenvalue weighted by molar-refractivity contribution is 5.94. The second-order valence-corrected chi connectivity index (χ2v) is 4.77. The number of rotatable bonds is 5. The molecule has 5 nitrogen and oxygen atoms in total. The van der Waals surface area contributed by atoms with E-state index in [4.69, 9.17) is 9.47 Å². The molecule has 1 fully saturated rings. The number of nitrogens with one attached hydrogen (secondary N) is 1. The second-order valence-electron chi connectivity index (χ2n) is 4.77. The minimum absolute atomic E-state index is 0.0420. The van der Waals surface area contributed by atoms with Crippen molar-refractivity contribution in [2.75, 3.05) is 13.2 Å². The van der Waals surface area contributed by atoms with Crippen LogP contribution in [-0.2, 0) is 4.74 Å². The van der Waals surface area contributed by atoms with Crippen LogP contribution < -0.4 is 10.1 Å². The molecular formula is C14H20N2O3. The molecule has 1 aliphatic rings. The van der Waals surface area contributed by atoms with E-state index in [-0.39, 0.29) is 18.1 Å². The van der Waals surface area contributed by atoms with E-state index in [9.17, 15) is 4.79 Å². The number of aromatic nitrogens is 1. The van der Waals surface area contributed by atoms with E-state index in [1.165, 1.54) is 0 Å². The zero-order valence-corrected chi connectivity index (χ0v) is 11.4. The molecule has 1 N–H and O–H groups in total. The van der Waals surface area contributed by atoms with Gasteiger partial charge in [-0.2, -0.15) is 0 Å². The van der Waals surface area contributed by atoms with Gasteiger partial charge in [-0.1, -0.05) is 6.92 Å². The molecule has 5 heteroatoms. The van der Waals surface area contributed by atoms with Crippen molar-refractivity contribution in [1.82, 2.24) is 10.3 Å². The van der Waals surface area contributed by atoms with Crippen LogP contribution in [0.3, 0.4) is 0 Å². The van der Waals surface area contributed by atoms with Gasteiger partial charge in [-0.05, 0) is 19.4 Å². The number of carbonyl (C=O) groups is 1. The molecule has 2 rings (SSSR count). The van der Waals surface area contributed by atoms with Crippen molar-refractivity contribution in [1.29, 1.82) is 0 Å². The van der Waals surface area contributed by atoms with Crippen LogP contribution >= 0.6 is 0 Å². The van der Waals surface area contributed by atoms with Crippen LogP contribution in [0.4, 0.5) is 0 Å². The van der Waals surface area contributed by atoms with E-state index in [0.29, 0.717) is 18.1 Å². The molecule has 0 bridgehead atoms. The summed E-state index contributed by atoms with van der Waals surface area (Å²) in [7, 11) is 0. The topological polar surface area (TPSA) is 60.5 Å². The monoisotopic (exact) mass is 264 g/mol. The van der Waals surface area contributed by atoms with Crippen LogP contribution in [0.5, 0.6) is 5.88 Å². The van der Waals surface area contributed by atoms with E-state index in [0.717, 1.165) is 19.4 Å². The standard InChI is InChI=1S/C14H20N2O3/c1-3-10(2)16-14(17)11-4-6-15-13(8-11)19-12-5-7-18-9-12/h4,6,8,10,12H,3,5,7,9H2,1-2H3,(H,16,17). The van der Waals surface area contributed by atoms with Gasteiger partial charge in [0.05, 0.1) is 13.2 Å². The summed E-state index contributed by atoms with van der Waals surface area (Å²) in [4.78, 5) is 16.1. The van der Waals surface area contributed by atoms with Crippen molar-refractivity contribution >= 4 is 5.91 Å². The first-order chi connectivity index (χ1) is 9.19. The third-order valence-corrected chi connectivity index (χ3v) is 3.16. The molecule has 1 aromatic rings. The van der Waals surface area contributed by atoms with Gasteiger partial charge in [0.15, 0.2) is 0 Å². The van der Waals surface area contributed by atoms with Gasteiger partial charge in [0, 0.05) is 30.3 Å². The summed E-state index contributed by atoms with van der Waals surface area (Å²) in [5.41, 5.74) is 0.573. The molecule has 1 amide bonds. The van der Waals surface area contributed by atoms with Gasteiger partial charge in [-0.15, -0.1) is 0 Å². The van der Waals surface area contributed by atoms with Crippen LogP contribution in [0.25, 0.3) is 0 Å². The predicted molar refractivity (Wildman–Crippen MR) is 71.3 cm³/mol. The SMILES string of the molecule is CCC(C)NC(=O)c1ccnc(OC2CCOC2)c1. The van der Waals surface area contributed by atoms with Gasteiger partial charge in [-0.3, -0.25) is 4.79 Å². The van der Waals surface area contributed by atoms with Gasteiger partial charge in [0.25, 0.3) is 5.91 Å². The van der Waals surface area contributed by atoms with Gasteiger partial charge < -0.3 is 14.8 Å². The predicted octanol–water partition coefficient (Wildman–Crippen LogP) is 1.78. The average Bonchev–Trinajstić information content (AvgIpc) is 2.91. The Labute approximate surface area is 113 Å². The fourth-order valence-electron chi connectivity index (χ4n) is 1.80. The summed E-state index contributed by atoms with van der Waals surface area (Å²) in [6.07, 6.45) is 3.40. The maximum atomic E-state index is 12.0. The highest BCUT2D eigenvalue weighted by Gasteiger charge is 2.18. The Balaban J connectivity index is 1.99. The van der Waals surface area contributed by atoms with Crippen molar-refractivity contribution in [3.63, 3.8) is 0 Å². The number of hydrogen-bond donors (Lipinski definition) is 1. The van der Waals surface area contributed by atoms with Crippen molar-refractivity contribution < 1.29 is 14.3 Å². The van der Waals surface area contributed by atoms with Crippen molar-refractivity contribution in [3.05, 3.63) is 23.9 Å². The molecule has 0 aromatic carbocycles. The van der Waals surface area contributed by atoms with E-state index in [1.54, 1.807) is 18.3 Å². The smallest absolute Gasteiger partial charge is 0.251 e. The Hall–Kier alpha value is -1.62. The van der Waals surface area contributed by atoms with E-state index in [2.05, 4.69) is 10.3 Å². The molecule has 0 saturated carbocycles. The Morgan fingerprint density at radius 2 is 2.53 bits per heavy atom. The number of amides is 1. The molecule has 19 heavy (non-hydrogen) atoms. The Morgan fingerprint density at radius 3 is 3.21 bits per heavy atom. The van der Waals surface area contributed by atoms with E-state index < -0.39 is 0 Å². The van der Waals surface area contributed by atoms with Gasteiger partial charge >= 0.3 is 0 Å². The third kappa shape index (κ3) is 3.92. The first kappa shape index (κ1) is 13.8. The molecule has 0 radical (unpaired) electrons. The molecule has 104 valence electrons. The molecule has 0 spiro atoms. The van der Waals surface area contributed by atoms with Crippen LogP contribution in [-0.4, -0.2) is 36.3 Å². The lowest BCUT2D eigenvalue weighted by molar-refractivity contribution is 0.0937. The van der Waals surface area contributed by atoms with Crippen molar-refractivity contribution in [2.24, 2.45) is 0 Å². The summed E-state index contributed by atoms with van der Waals surface area (Å²) >= 11 is 0. The van der Waals surface area contributed by atoms with Gasteiger partial charge in [-0.25, -0.2) is 4.98 Å². The molecule has 2 unspecified atom stereocenters. The highest BCUT2D eigenvalue weighted by Crippen LogP contribution is 2.15. The maximum Gasteiger partial charge on any atom is 0.251 e. The fourth-order valence-corrected chi connectivity index (χ4v) is 1.80. The quantitative estimate of drug-likeness (QED) is 0.880. The zero-order chi connectivity index (χ0) is 13.7. The lowest BCUT2D eigenvalue weighted by Gasteiger charge is -2.13. The number of nitrogens with zero attached hydrogens (tertiary/aromatic N) is 1. The van der Waals surface area contributed by atoms with E-state index in [1.807, 2.05) is 13.8 Å². The Morgan fingerprint density at radius 1 is 1.68 bits per heavy atom. The van der Waals surface area contributed by atoms with Crippen LogP contribution in [0.15, 0.2) is 18.3 Å². The molecule has 0 aliphatic carbocycles. The van der Waals surface area contributed by atoms with Crippen LogP contribution in [0.1, 0.15) is 37.0 Å². The second kappa shape index (κ2) is 6.52.